The molecule has 1 saturated heterocycles. The van der Waals surface area contributed by atoms with Crippen LogP contribution in [0.5, 0.6) is 0 Å². The monoisotopic (exact) mass is 290 g/mol. The van der Waals surface area contributed by atoms with Gasteiger partial charge < -0.3 is 9.80 Å². The summed E-state index contributed by atoms with van der Waals surface area (Å²) in [5, 5.41) is 4.02. The van der Waals surface area contributed by atoms with E-state index < -0.39 is 0 Å². The van der Waals surface area contributed by atoms with Crippen molar-refractivity contribution < 1.29 is 9.59 Å². The number of rotatable bonds is 1. The molecule has 2 heterocycles. The molecular formula is C15H18N2O2S. The van der Waals surface area contributed by atoms with Gasteiger partial charge in [-0.2, -0.15) is 11.3 Å². The number of amides is 2. The third-order valence-corrected chi connectivity index (χ3v) is 4.77. The van der Waals surface area contributed by atoms with E-state index in [4.69, 9.17) is 0 Å². The number of hydrogen-bond acceptors (Lipinski definition) is 3. The van der Waals surface area contributed by atoms with E-state index in [1.165, 1.54) is 0 Å². The largest absolute Gasteiger partial charge is 0.331 e. The highest BCUT2D eigenvalue weighted by Gasteiger charge is 2.39. The first-order valence-corrected chi connectivity index (χ1v) is 7.80. The predicted octanol–water partition coefficient (Wildman–Crippen LogP) is 2.62. The fourth-order valence-electron chi connectivity index (χ4n) is 3.18. The van der Waals surface area contributed by atoms with Crippen LogP contribution in [-0.4, -0.2) is 48.3 Å². The van der Waals surface area contributed by atoms with Crippen molar-refractivity contribution in [3.63, 3.8) is 0 Å². The molecule has 4 nitrogen and oxygen atoms in total. The Morgan fingerprint density at radius 3 is 2.85 bits per heavy atom. The average Bonchev–Trinajstić information content (AvgIpc) is 3.06. The lowest BCUT2D eigenvalue weighted by Crippen LogP contribution is -2.43. The molecule has 0 bridgehead atoms. The van der Waals surface area contributed by atoms with Gasteiger partial charge in [0, 0.05) is 32.6 Å². The number of ketones is 1. The molecule has 1 unspecified atom stereocenters. The number of carbonyl (C=O) groups is 2. The summed E-state index contributed by atoms with van der Waals surface area (Å²) in [7, 11) is 3.55. The summed E-state index contributed by atoms with van der Waals surface area (Å²) in [5.41, 5.74) is 3.06. The minimum absolute atomic E-state index is 0.0454. The molecule has 1 aliphatic heterocycles. The molecule has 2 aliphatic rings. The smallest absolute Gasteiger partial charge is 0.319 e. The minimum atomic E-state index is 0.0454. The number of fused-ring (bicyclic) bond motifs is 1. The quantitative estimate of drug-likeness (QED) is 0.797. The van der Waals surface area contributed by atoms with Crippen molar-refractivity contribution in [1.29, 1.82) is 0 Å². The summed E-state index contributed by atoms with van der Waals surface area (Å²) in [4.78, 5) is 28.0. The van der Waals surface area contributed by atoms with Crippen molar-refractivity contribution in [3.05, 3.63) is 28.0 Å². The van der Waals surface area contributed by atoms with E-state index in [2.05, 4.69) is 0 Å². The van der Waals surface area contributed by atoms with Gasteiger partial charge in [0.25, 0.3) is 0 Å². The van der Waals surface area contributed by atoms with Crippen LogP contribution < -0.4 is 0 Å². The highest BCUT2D eigenvalue weighted by molar-refractivity contribution is 7.08. The SMILES string of the molecule is CN(C)C(=O)N1CCC2=C(c3ccsc3)C(=O)CCC21. The Labute approximate surface area is 122 Å². The van der Waals surface area contributed by atoms with Gasteiger partial charge in [-0.05, 0) is 40.8 Å². The van der Waals surface area contributed by atoms with Crippen LogP contribution in [0.15, 0.2) is 22.4 Å². The second kappa shape index (κ2) is 5.05. The molecule has 0 N–H and O–H groups in total. The highest BCUT2D eigenvalue weighted by Crippen LogP contribution is 2.39. The average molecular weight is 290 g/mol. The first-order chi connectivity index (χ1) is 9.59. The van der Waals surface area contributed by atoms with Crippen LogP contribution >= 0.6 is 11.3 Å². The van der Waals surface area contributed by atoms with E-state index in [1.807, 2.05) is 21.7 Å². The summed E-state index contributed by atoms with van der Waals surface area (Å²) in [6.45, 7) is 0.720. The van der Waals surface area contributed by atoms with Crippen LogP contribution in [0.4, 0.5) is 4.79 Å². The molecule has 5 heteroatoms. The van der Waals surface area contributed by atoms with Gasteiger partial charge in [-0.25, -0.2) is 4.79 Å². The molecule has 20 heavy (non-hydrogen) atoms. The Balaban J connectivity index is 2.00. The van der Waals surface area contributed by atoms with Crippen LogP contribution in [0.25, 0.3) is 5.57 Å². The molecule has 0 spiro atoms. The fraction of sp³-hybridized carbons (Fsp3) is 0.467. The standard InChI is InChI=1S/C15H18N2O2S/c1-16(2)15(19)17-7-5-11-12(17)3-4-13(18)14(11)10-6-8-20-9-10/h6,8-9,12H,3-5,7H2,1-2H3. The van der Waals surface area contributed by atoms with Crippen LogP contribution in [0.3, 0.4) is 0 Å². The van der Waals surface area contributed by atoms with Crippen LogP contribution in [0.2, 0.25) is 0 Å². The van der Waals surface area contributed by atoms with Gasteiger partial charge in [0.2, 0.25) is 0 Å². The van der Waals surface area contributed by atoms with Gasteiger partial charge in [-0.15, -0.1) is 0 Å². The van der Waals surface area contributed by atoms with E-state index in [1.54, 1.807) is 30.3 Å². The maximum atomic E-state index is 12.3. The number of Topliss-reactive ketones (excluding diaryl/α,β-unsaturated/α-hetero) is 1. The molecule has 0 aromatic carbocycles. The van der Waals surface area contributed by atoms with Crippen molar-refractivity contribution in [2.75, 3.05) is 20.6 Å². The van der Waals surface area contributed by atoms with E-state index in [0.717, 1.165) is 36.1 Å². The maximum absolute atomic E-state index is 12.3. The summed E-state index contributed by atoms with van der Waals surface area (Å²) in [5.74, 6) is 0.230. The number of nitrogens with zero attached hydrogens (tertiary/aromatic N) is 2. The lowest BCUT2D eigenvalue weighted by atomic mass is 9.84. The Morgan fingerprint density at radius 2 is 2.20 bits per heavy atom. The number of thiophene rings is 1. The molecule has 1 aliphatic carbocycles. The Bertz CT molecular complexity index is 575. The molecule has 2 amide bonds. The fourth-order valence-corrected chi connectivity index (χ4v) is 3.83. The molecule has 106 valence electrons. The zero-order chi connectivity index (χ0) is 14.3. The van der Waals surface area contributed by atoms with Crippen molar-refractivity contribution in [2.24, 2.45) is 0 Å². The van der Waals surface area contributed by atoms with Crippen molar-refractivity contribution >= 4 is 28.7 Å². The normalized spacial score (nSPS) is 22.2. The molecule has 1 aromatic heterocycles. The number of carbonyl (C=O) groups excluding carboxylic acids is 2. The molecule has 1 fully saturated rings. The second-order valence-corrected chi connectivity index (χ2v) is 6.29. The second-order valence-electron chi connectivity index (χ2n) is 5.51. The Hall–Kier alpha value is -1.62. The van der Waals surface area contributed by atoms with Gasteiger partial charge in [0.15, 0.2) is 5.78 Å². The summed E-state index contributed by atoms with van der Waals surface area (Å²) in [6, 6.07) is 2.16. The number of hydrogen-bond donors (Lipinski definition) is 0. The van der Waals surface area contributed by atoms with Crippen LogP contribution in [0.1, 0.15) is 24.8 Å². The maximum Gasteiger partial charge on any atom is 0.319 e. The van der Waals surface area contributed by atoms with Gasteiger partial charge in [0.1, 0.15) is 0 Å². The van der Waals surface area contributed by atoms with Crippen molar-refractivity contribution in [1.82, 2.24) is 9.80 Å². The first kappa shape index (κ1) is 13.4. The molecule has 1 atom stereocenters. The lowest BCUT2D eigenvalue weighted by molar-refractivity contribution is -0.114. The number of likely N-dealkylation sites (tertiary alicyclic amines) is 1. The third-order valence-electron chi connectivity index (χ3n) is 4.08. The summed E-state index contributed by atoms with van der Waals surface area (Å²) >= 11 is 1.61. The number of allylic oxidation sites excluding steroid dienone is 1. The molecule has 3 rings (SSSR count). The zero-order valence-corrected chi connectivity index (χ0v) is 12.6. The van der Waals surface area contributed by atoms with Gasteiger partial charge >= 0.3 is 6.03 Å². The van der Waals surface area contributed by atoms with E-state index in [9.17, 15) is 9.59 Å². The van der Waals surface area contributed by atoms with Gasteiger partial charge in [-0.3, -0.25) is 4.79 Å². The topological polar surface area (TPSA) is 40.6 Å². The highest BCUT2D eigenvalue weighted by atomic mass is 32.1. The van der Waals surface area contributed by atoms with Crippen molar-refractivity contribution in [2.45, 2.75) is 25.3 Å². The lowest BCUT2D eigenvalue weighted by Gasteiger charge is -2.31. The summed E-state index contributed by atoms with van der Waals surface area (Å²) < 4.78 is 0. The third kappa shape index (κ3) is 2.06. The minimum Gasteiger partial charge on any atom is -0.331 e. The molecule has 0 radical (unpaired) electrons. The Kier molecular flexibility index (Phi) is 3.38. The molecule has 0 saturated carbocycles. The zero-order valence-electron chi connectivity index (χ0n) is 11.8. The molecular weight excluding hydrogens is 272 g/mol. The van der Waals surface area contributed by atoms with Crippen molar-refractivity contribution in [3.8, 4) is 0 Å². The van der Waals surface area contributed by atoms with Crippen LogP contribution in [-0.2, 0) is 4.79 Å². The van der Waals surface area contributed by atoms with E-state index in [0.29, 0.717) is 6.42 Å². The summed E-state index contributed by atoms with van der Waals surface area (Å²) in [6.07, 6.45) is 2.12. The van der Waals surface area contributed by atoms with E-state index in [-0.39, 0.29) is 17.9 Å². The predicted molar refractivity (Wildman–Crippen MR) is 79.7 cm³/mol. The van der Waals surface area contributed by atoms with Crippen LogP contribution in [0, 0.1) is 0 Å². The Morgan fingerprint density at radius 1 is 1.40 bits per heavy atom. The van der Waals surface area contributed by atoms with E-state index >= 15 is 0 Å². The number of urea groups is 1. The first-order valence-electron chi connectivity index (χ1n) is 6.86. The van der Waals surface area contributed by atoms with Gasteiger partial charge in [-0.1, -0.05) is 0 Å². The molecule has 1 aromatic rings. The van der Waals surface area contributed by atoms with Gasteiger partial charge in [0.05, 0.1) is 6.04 Å².